The highest BCUT2D eigenvalue weighted by Gasteiger charge is 2.31. The van der Waals surface area contributed by atoms with Crippen molar-refractivity contribution in [3.05, 3.63) is 53.2 Å². The van der Waals surface area contributed by atoms with Crippen molar-refractivity contribution in [3.8, 4) is 11.1 Å². The van der Waals surface area contributed by atoms with Crippen molar-refractivity contribution in [2.45, 2.75) is 58.2 Å². The van der Waals surface area contributed by atoms with E-state index in [0.29, 0.717) is 16.8 Å². The van der Waals surface area contributed by atoms with E-state index >= 15 is 0 Å². The lowest BCUT2D eigenvalue weighted by Crippen LogP contribution is -2.40. The van der Waals surface area contributed by atoms with Crippen LogP contribution in [0.1, 0.15) is 53.8 Å². The van der Waals surface area contributed by atoms with Gasteiger partial charge in [-0.2, -0.15) is 0 Å². The van der Waals surface area contributed by atoms with Crippen LogP contribution in [0.5, 0.6) is 0 Å². The van der Waals surface area contributed by atoms with Gasteiger partial charge in [-0.1, -0.05) is 11.8 Å². The third-order valence-electron chi connectivity index (χ3n) is 5.72. The van der Waals surface area contributed by atoms with Crippen LogP contribution in [0.2, 0.25) is 0 Å². The van der Waals surface area contributed by atoms with Gasteiger partial charge in [0.15, 0.2) is 0 Å². The Balaban J connectivity index is 1.62. The van der Waals surface area contributed by atoms with Crippen LogP contribution >= 0.6 is 11.8 Å². The summed E-state index contributed by atoms with van der Waals surface area (Å²) in [5.74, 6) is 1.88. The second kappa shape index (κ2) is 9.18. The topological polar surface area (TPSA) is 85.0 Å². The summed E-state index contributed by atoms with van der Waals surface area (Å²) in [5, 5.41) is 0.544. The molecular formula is C23H27N5O2S. The van der Waals surface area contributed by atoms with Gasteiger partial charge in [0, 0.05) is 30.7 Å². The minimum atomic E-state index is -0.0702. The molecule has 0 radical (unpaired) electrons. The van der Waals surface area contributed by atoms with Crippen LogP contribution in [0.15, 0.2) is 34.3 Å². The molecule has 3 aromatic rings. The molecule has 0 spiro atoms. The second-order valence-electron chi connectivity index (χ2n) is 7.92. The van der Waals surface area contributed by atoms with Crippen LogP contribution in [0.4, 0.5) is 0 Å². The lowest BCUT2D eigenvalue weighted by Gasteiger charge is -2.36. The Labute approximate surface area is 186 Å². The molecule has 0 saturated carbocycles. The minimum absolute atomic E-state index is 0.0702. The maximum Gasteiger partial charge on any atom is 0.256 e. The first kappa shape index (κ1) is 21.5. The van der Waals surface area contributed by atoms with Gasteiger partial charge in [-0.05, 0) is 64.2 Å². The Hall–Kier alpha value is -2.74. The van der Waals surface area contributed by atoms with Crippen LogP contribution in [0.3, 0.4) is 0 Å². The van der Waals surface area contributed by atoms with Crippen LogP contribution < -0.4 is 0 Å². The highest BCUT2D eigenvalue weighted by molar-refractivity contribution is 7.99. The first-order valence-electron chi connectivity index (χ1n) is 10.5. The van der Waals surface area contributed by atoms with Gasteiger partial charge in [0.05, 0.1) is 23.2 Å². The molecular weight excluding hydrogens is 410 g/mol. The number of amides is 1. The summed E-state index contributed by atoms with van der Waals surface area (Å²) in [6.07, 6.45) is 8.47. The summed E-state index contributed by atoms with van der Waals surface area (Å²) in [7, 11) is 0. The van der Waals surface area contributed by atoms with Gasteiger partial charge in [-0.3, -0.25) is 9.78 Å². The first-order chi connectivity index (χ1) is 14.9. The molecule has 0 aromatic carbocycles. The predicted octanol–water partition coefficient (Wildman–Crippen LogP) is 4.61. The highest BCUT2D eigenvalue weighted by atomic mass is 32.2. The molecule has 0 unspecified atom stereocenters. The Bertz CT molecular complexity index is 1080. The standard InChI is InChI=1S/C23H27N5O2S/c1-14-11-24-9-8-18(14)19-12-25-17(4)27-22(19)20-7-5-6-10-28(20)21(29)13-31-23-26-15(2)16(3)30-23/h8-9,11-12,20H,5-7,10,13H2,1-4H3/t20-/m1/s1. The number of pyridine rings is 1. The fourth-order valence-electron chi connectivity index (χ4n) is 3.95. The van der Waals surface area contributed by atoms with E-state index in [1.165, 1.54) is 11.8 Å². The molecule has 1 saturated heterocycles. The summed E-state index contributed by atoms with van der Waals surface area (Å²) >= 11 is 1.35. The van der Waals surface area contributed by atoms with Crippen molar-refractivity contribution in [2.24, 2.45) is 0 Å². The summed E-state index contributed by atoms with van der Waals surface area (Å²) in [6, 6.07) is 1.92. The zero-order valence-corrected chi connectivity index (χ0v) is 19.2. The van der Waals surface area contributed by atoms with Crippen LogP contribution in [-0.2, 0) is 4.79 Å². The Morgan fingerprint density at radius 1 is 1.16 bits per heavy atom. The van der Waals surface area contributed by atoms with E-state index in [2.05, 4.69) is 15.0 Å². The number of aromatic nitrogens is 4. The maximum absolute atomic E-state index is 13.2. The highest BCUT2D eigenvalue weighted by Crippen LogP contribution is 2.37. The molecule has 1 atom stereocenters. The van der Waals surface area contributed by atoms with Gasteiger partial charge in [0.2, 0.25) is 5.91 Å². The van der Waals surface area contributed by atoms with E-state index in [1.807, 2.05) is 51.1 Å². The molecule has 1 aliphatic heterocycles. The number of piperidine rings is 1. The van der Waals surface area contributed by atoms with Crippen molar-refractivity contribution >= 4 is 17.7 Å². The van der Waals surface area contributed by atoms with E-state index < -0.39 is 0 Å². The fraction of sp³-hybridized carbons (Fsp3) is 0.435. The van der Waals surface area contributed by atoms with E-state index in [1.54, 1.807) is 6.20 Å². The average Bonchev–Trinajstić information content (AvgIpc) is 3.10. The Morgan fingerprint density at radius 3 is 2.74 bits per heavy atom. The van der Waals surface area contributed by atoms with Gasteiger partial charge in [0.1, 0.15) is 11.6 Å². The van der Waals surface area contributed by atoms with Crippen molar-refractivity contribution in [3.63, 3.8) is 0 Å². The lowest BCUT2D eigenvalue weighted by molar-refractivity contribution is -0.132. The van der Waals surface area contributed by atoms with Crippen molar-refractivity contribution in [1.82, 2.24) is 24.8 Å². The molecule has 4 rings (SSSR count). The summed E-state index contributed by atoms with van der Waals surface area (Å²) in [4.78, 5) is 33.1. The summed E-state index contributed by atoms with van der Waals surface area (Å²) in [5.41, 5.74) is 4.88. The molecule has 4 heterocycles. The van der Waals surface area contributed by atoms with Crippen LogP contribution in [0.25, 0.3) is 11.1 Å². The molecule has 3 aromatic heterocycles. The zero-order chi connectivity index (χ0) is 22.0. The van der Waals surface area contributed by atoms with Crippen LogP contribution in [0, 0.1) is 27.7 Å². The van der Waals surface area contributed by atoms with Crippen molar-refractivity contribution < 1.29 is 9.21 Å². The number of likely N-dealkylation sites (tertiary alicyclic amines) is 1. The van der Waals surface area contributed by atoms with Crippen molar-refractivity contribution in [1.29, 1.82) is 0 Å². The number of oxazole rings is 1. The van der Waals surface area contributed by atoms with E-state index in [-0.39, 0.29) is 11.9 Å². The van der Waals surface area contributed by atoms with Crippen molar-refractivity contribution in [2.75, 3.05) is 12.3 Å². The molecule has 0 N–H and O–H groups in total. The summed E-state index contributed by atoms with van der Waals surface area (Å²) < 4.78 is 5.62. The second-order valence-corrected chi connectivity index (χ2v) is 8.84. The number of nitrogens with zero attached hydrogens (tertiary/aromatic N) is 5. The number of aryl methyl sites for hydroxylation is 4. The molecule has 1 amide bonds. The van der Waals surface area contributed by atoms with Gasteiger partial charge in [-0.15, -0.1) is 0 Å². The predicted molar refractivity (Wildman–Crippen MR) is 120 cm³/mol. The van der Waals surface area contributed by atoms with Gasteiger partial charge in [-0.25, -0.2) is 15.0 Å². The van der Waals surface area contributed by atoms with Gasteiger partial charge >= 0.3 is 0 Å². The van der Waals surface area contributed by atoms with E-state index in [9.17, 15) is 4.79 Å². The molecule has 1 aliphatic rings. The molecule has 1 fully saturated rings. The number of hydrogen-bond acceptors (Lipinski definition) is 7. The first-order valence-corrected chi connectivity index (χ1v) is 11.5. The Morgan fingerprint density at radius 2 is 2.00 bits per heavy atom. The smallest absolute Gasteiger partial charge is 0.256 e. The number of rotatable bonds is 5. The van der Waals surface area contributed by atoms with Crippen LogP contribution in [-0.4, -0.2) is 43.0 Å². The van der Waals surface area contributed by atoms with E-state index in [4.69, 9.17) is 9.40 Å². The third-order valence-corrected chi connectivity index (χ3v) is 6.53. The average molecular weight is 438 g/mol. The minimum Gasteiger partial charge on any atom is -0.437 e. The number of hydrogen-bond donors (Lipinski definition) is 0. The van der Waals surface area contributed by atoms with Gasteiger partial charge < -0.3 is 9.32 Å². The SMILES string of the molecule is Cc1ncc(-c2ccncc2C)c([C@H]2CCCCN2C(=O)CSc2nc(C)c(C)o2)n1. The zero-order valence-electron chi connectivity index (χ0n) is 18.4. The monoisotopic (exact) mass is 437 g/mol. The molecule has 0 aliphatic carbocycles. The molecule has 8 heteroatoms. The summed E-state index contributed by atoms with van der Waals surface area (Å²) in [6.45, 7) is 8.45. The largest absolute Gasteiger partial charge is 0.437 e. The number of thioether (sulfide) groups is 1. The third kappa shape index (κ3) is 4.63. The molecule has 31 heavy (non-hydrogen) atoms. The fourth-order valence-corrected chi connectivity index (χ4v) is 4.75. The van der Waals surface area contributed by atoms with E-state index in [0.717, 1.165) is 59.6 Å². The molecule has 162 valence electrons. The molecule has 7 nitrogen and oxygen atoms in total. The quantitative estimate of drug-likeness (QED) is 0.539. The maximum atomic E-state index is 13.2. The number of carbonyl (C=O) groups is 1. The van der Waals surface area contributed by atoms with Gasteiger partial charge in [0.25, 0.3) is 5.22 Å². The molecule has 0 bridgehead atoms. The Kier molecular flexibility index (Phi) is 6.36. The number of carbonyl (C=O) groups excluding carboxylic acids is 1. The normalized spacial score (nSPS) is 16.5. The lowest BCUT2D eigenvalue weighted by atomic mass is 9.93.